The second-order valence-corrected chi connectivity index (χ2v) is 6.65. The maximum absolute atomic E-state index is 11.0. The van der Waals surface area contributed by atoms with Crippen molar-refractivity contribution in [2.75, 3.05) is 17.6 Å². The number of rotatable bonds is 8. The van der Waals surface area contributed by atoms with Crippen molar-refractivity contribution in [3.63, 3.8) is 0 Å². The molecule has 23 heavy (non-hydrogen) atoms. The number of carbonyl (C=O) groups excluding carboxylic acids is 1. The molecule has 0 bridgehead atoms. The zero-order valence-electron chi connectivity index (χ0n) is 14.1. The molecule has 7 nitrogen and oxygen atoms in total. The highest BCUT2D eigenvalue weighted by Crippen LogP contribution is 2.25. The molecule has 0 aliphatic carbocycles. The SMILES string of the molecule is CCCSc1nc(NC(C)C)c2cnn(CCNC(C)=O)c2n1. The summed E-state index contributed by atoms with van der Waals surface area (Å²) in [6.07, 6.45) is 2.85. The topological polar surface area (TPSA) is 84.7 Å². The standard InChI is InChI=1S/C15H24N6OS/c1-5-8-23-15-19-13(18-10(2)3)12-9-17-21(14(12)20-15)7-6-16-11(4)22/h9-10H,5-8H2,1-4H3,(H,16,22)(H,18,19,20). The molecule has 2 rings (SSSR count). The van der Waals surface area contributed by atoms with Gasteiger partial charge in [-0.3, -0.25) is 4.79 Å². The highest BCUT2D eigenvalue weighted by Gasteiger charge is 2.14. The smallest absolute Gasteiger partial charge is 0.216 e. The van der Waals surface area contributed by atoms with Gasteiger partial charge in [0, 0.05) is 25.3 Å². The molecule has 0 unspecified atom stereocenters. The summed E-state index contributed by atoms with van der Waals surface area (Å²) in [6.45, 7) is 8.91. The van der Waals surface area contributed by atoms with E-state index in [0.29, 0.717) is 13.1 Å². The first-order valence-corrected chi connectivity index (χ1v) is 8.87. The van der Waals surface area contributed by atoms with E-state index in [1.807, 2.05) is 4.68 Å². The average Bonchev–Trinajstić information content (AvgIpc) is 2.88. The number of nitrogens with zero attached hydrogens (tertiary/aromatic N) is 4. The zero-order valence-corrected chi connectivity index (χ0v) is 14.9. The number of carbonyl (C=O) groups is 1. The van der Waals surface area contributed by atoms with Gasteiger partial charge in [-0.2, -0.15) is 5.10 Å². The van der Waals surface area contributed by atoms with Crippen LogP contribution in [0.1, 0.15) is 34.1 Å². The molecule has 8 heteroatoms. The van der Waals surface area contributed by atoms with Crippen molar-refractivity contribution in [3.8, 4) is 0 Å². The second-order valence-electron chi connectivity index (χ2n) is 5.59. The Balaban J connectivity index is 2.32. The van der Waals surface area contributed by atoms with Crippen molar-refractivity contribution in [1.29, 1.82) is 0 Å². The van der Waals surface area contributed by atoms with Crippen LogP contribution >= 0.6 is 11.8 Å². The molecule has 2 heterocycles. The number of aromatic nitrogens is 4. The van der Waals surface area contributed by atoms with Gasteiger partial charge in [-0.05, 0) is 20.3 Å². The van der Waals surface area contributed by atoms with Crippen molar-refractivity contribution in [2.24, 2.45) is 0 Å². The third-order valence-electron chi connectivity index (χ3n) is 3.03. The van der Waals surface area contributed by atoms with Gasteiger partial charge in [-0.15, -0.1) is 0 Å². The number of hydrogen-bond donors (Lipinski definition) is 2. The number of amides is 1. The minimum atomic E-state index is -0.0440. The summed E-state index contributed by atoms with van der Waals surface area (Å²) >= 11 is 1.64. The normalized spacial score (nSPS) is 11.2. The van der Waals surface area contributed by atoms with E-state index in [-0.39, 0.29) is 11.9 Å². The fourth-order valence-electron chi connectivity index (χ4n) is 2.08. The summed E-state index contributed by atoms with van der Waals surface area (Å²) in [5.41, 5.74) is 0.798. The number of hydrogen-bond acceptors (Lipinski definition) is 6. The minimum absolute atomic E-state index is 0.0440. The van der Waals surface area contributed by atoms with Crippen LogP contribution in [0.5, 0.6) is 0 Å². The van der Waals surface area contributed by atoms with Gasteiger partial charge in [0.25, 0.3) is 0 Å². The minimum Gasteiger partial charge on any atom is -0.367 e. The molecule has 0 saturated carbocycles. The molecule has 0 spiro atoms. The first-order chi connectivity index (χ1) is 11.0. The molecule has 0 radical (unpaired) electrons. The van der Waals surface area contributed by atoms with Crippen molar-refractivity contribution in [1.82, 2.24) is 25.1 Å². The quantitative estimate of drug-likeness (QED) is 0.568. The highest BCUT2D eigenvalue weighted by molar-refractivity contribution is 7.99. The zero-order chi connectivity index (χ0) is 16.8. The molecule has 0 saturated heterocycles. The van der Waals surface area contributed by atoms with Crippen molar-refractivity contribution in [3.05, 3.63) is 6.20 Å². The molecule has 2 aromatic rings. The molecule has 1 amide bonds. The lowest BCUT2D eigenvalue weighted by atomic mass is 10.3. The summed E-state index contributed by atoms with van der Waals surface area (Å²) < 4.78 is 1.81. The van der Waals surface area contributed by atoms with Crippen LogP contribution < -0.4 is 10.6 Å². The van der Waals surface area contributed by atoms with Crippen LogP contribution in [-0.2, 0) is 11.3 Å². The van der Waals surface area contributed by atoms with Crippen molar-refractivity contribution >= 4 is 34.5 Å². The van der Waals surface area contributed by atoms with Gasteiger partial charge in [-0.25, -0.2) is 14.6 Å². The van der Waals surface area contributed by atoms with Gasteiger partial charge >= 0.3 is 0 Å². The maximum atomic E-state index is 11.0. The number of fused-ring (bicyclic) bond motifs is 1. The Morgan fingerprint density at radius 1 is 1.39 bits per heavy atom. The van der Waals surface area contributed by atoms with E-state index in [9.17, 15) is 4.79 Å². The van der Waals surface area contributed by atoms with Gasteiger partial charge in [0.1, 0.15) is 5.82 Å². The van der Waals surface area contributed by atoms with Gasteiger partial charge in [0.2, 0.25) is 5.91 Å². The van der Waals surface area contributed by atoms with Crippen LogP contribution in [0.15, 0.2) is 11.4 Å². The average molecular weight is 336 g/mol. The van der Waals surface area contributed by atoms with Crippen LogP contribution in [0.3, 0.4) is 0 Å². The third-order valence-corrected chi connectivity index (χ3v) is 4.09. The first-order valence-electron chi connectivity index (χ1n) is 7.88. The Morgan fingerprint density at radius 3 is 2.83 bits per heavy atom. The molecule has 126 valence electrons. The summed E-state index contributed by atoms with van der Waals surface area (Å²) in [5.74, 6) is 1.75. The lowest BCUT2D eigenvalue weighted by Gasteiger charge is -2.11. The van der Waals surface area contributed by atoms with E-state index >= 15 is 0 Å². The third kappa shape index (κ3) is 4.82. The summed E-state index contributed by atoms with van der Waals surface area (Å²) in [5, 5.41) is 12.2. The molecule has 0 aliphatic rings. The highest BCUT2D eigenvalue weighted by atomic mass is 32.2. The fourth-order valence-corrected chi connectivity index (χ4v) is 2.77. The number of nitrogens with one attached hydrogen (secondary N) is 2. The van der Waals surface area contributed by atoms with E-state index in [1.165, 1.54) is 6.92 Å². The van der Waals surface area contributed by atoms with Crippen LogP contribution in [0.4, 0.5) is 5.82 Å². The number of anilines is 1. The van der Waals surface area contributed by atoms with Crippen LogP contribution in [-0.4, -0.2) is 44.0 Å². The molecule has 0 fully saturated rings. The predicted octanol–water partition coefficient (Wildman–Crippen LogP) is 2.28. The van der Waals surface area contributed by atoms with Crippen LogP contribution in [0.25, 0.3) is 11.0 Å². The van der Waals surface area contributed by atoms with Gasteiger partial charge in [0.05, 0.1) is 18.1 Å². The molecule has 0 aromatic carbocycles. The molecular weight excluding hydrogens is 312 g/mol. The Bertz CT molecular complexity index is 669. The molecule has 2 N–H and O–H groups in total. The summed E-state index contributed by atoms with van der Waals surface area (Å²) in [7, 11) is 0. The first kappa shape index (κ1) is 17.5. The van der Waals surface area contributed by atoms with E-state index < -0.39 is 0 Å². The van der Waals surface area contributed by atoms with Gasteiger partial charge in [0.15, 0.2) is 10.8 Å². The molecular formula is C15H24N6OS. The largest absolute Gasteiger partial charge is 0.367 e. The summed E-state index contributed by atoms with van der Waals surface area (Å²) in [6, 6.07) is 0.278. The van der Waals surface area contributed by atoms with Crippen LogP contribution in [0.2, 0.25) is 0 Å². The second kappa shape index (κ2) is 8.14. The Morgan fingerprint density at radius 2 is 2.17 bits per heavy atom. The molecule has 0 atom stereocenters. The van der Waals surface area contributed by atoms with Crippen molar-refractivity contribution in [2.45, 2.75) is 51.9 Å². The van der Waals surface area contributed by atoms with Crippen molar-refractivity contribution < 1.29 is 4.79 Å². The maximum Gasteiger partial charge on any atom is 0.216 e. The number of thioether (sulfide) groups is 1. The Kier molecular flexibility index (Phi) is 6.20. The van der Waals surface area contributed by atoms with Gasteiger partial charge < -0.3 is 10.6 Å². The van der Waals surface area contributed by atoms with E-state index in [4.69, 9.17) is 0 Å². The predicted molar refractivity (Wildman–Crippen MR) is 93.8 cm³/mol. The van der Waals surface area contributed by atoms with E-state index in [0.717, 1.165) is 34.2 Å². The molecule has 0 aliphatic heterocycles. The Labute approximate surface area is 140 Å². The van der Waals surface area contributed by atoms with Crippen LogP contribution in [0, 0.1) is 0 Å². The van der Waals surface area contributed by atoms with Gasteiger partial charge in [-0.1, -0.05) is 18.7 Å². The van der Waals surface area contributed by atoms with E-state index in [1.54, 1.807) is 18.0 Å². The summed E-state index contributed by atoms with van der Waals surface area (Å²) in [4.78, 5) is 20.3. The monoisotopic (exact) mass is 336 g/mol. The molecule has 2 aromatic heterocycles. The Hall–Kier alpha value is -1.83. The lowest BCUT2D eigenvalue weighted by Crippen LogP contribution is -2.24. The lowest BCUT2D eigenvalue weighted by molar-refractivity contribution is -0.118. The fraction of sp³-hybridized carbons (Fsp3) is 0.600. The van der Waals surface area contributed by atoms with E-state index in [2.05, 4.69) is 46.5 Å².